The molecule has 0 saturated heterocycles. The molecule has 78 valence electrons. The molecule has 5 unspecified atom stereocenters. The van der Waals surface area contributed by atoms with Gasteiger partial charge >= 0.3 is 0 Å². The second-order valence-electron chi connectivity index (χ2n) is 6.59. The van der Waals surface area contributed by atoms with E-state index in [1.807, 2.05) is 0 Å². The molecule has 2 N–H and O–H groups in total. The topological polar surface area (TPSA) is 26.0 Å². The Morgan fingerprint density at radius 1 is 1.14 bits per heavy atom. The van der Waals surface area contributed by atoms with Crippen LogP contribution in [-0.2, 0) is 0 Å². The van der Waals surface area contributed by atoms with Crippen molar-refractivity contribution in [1.82, 2.24) is 0 Å². The maximum atomic E-state index is 6.49. The summed E-state index contributed by atoms with van der Waals surface area (Å²) in [6.07, 6.45) is 10.5. The third-order valence-electron chi connectivity index (χ3n) is 5.90. The summed E-state index contributed by atoms with van der Waals surface area (Å²) >= 11 is 0. The van der Waals surface area contributed by atoms with E-state index < -0.39 is 0 Å². The van der Waals surface area contributed by atoms with Crippen molar-refractivity contribution in [2.75, 3.05) is 0 Å². The highest BCUT2D eigenvalue weighted by atomic mass is 14.8. The van der Waals surface area contributed by atoms with Gasteiger partial charge in [-0.1, -0.05) is 6.42 Å². The zero-order valence-electron chi connectivity index (χ0n) is 8.91. The third-order valence-corrected chi connectivity index (χ3v) is 5.90. The molecule has 1 heteroatoms. The van der Waals surface area contributed by atoms with Crippen molar-refractivity contribution in [2.45, 2.75) is 51.0 Å². The Balaban J connectivity index is 1.48. The molecule has 0 radical (unpaired) electrons. The molecule has 4 aliphatic carbocycles. The van der Waals surface area contributed by atoms with Crippen LogP contribution in [0.4, 0.5) is 0 Å². The van der Waals surface area contributed by atoms with Crippen LogP contribution in [0.25, 0.3) is 0 Å². The van der Waals surface area contributed by atoms with E-state index in [-0.39, 0.29) is 0 Å². The highest BCUT2D eigenvalue weighted by molar-refractivity contribution is 5.17. The van der Waals surface area contributed by atoms with Gasteiger partial charge in [-0.25, -0.2) is 0 Å². The molecule has 0 aliphatic heterocycles. The largest absolute Gasteiger partial charge is 0.327 e. The Kier molecular flexibility index (Phi) is 1.38. The van der Waals surface area contributed by atoms with E-state index in [4.69, 9.17) is 5.73 Å². The highest BCUT2D eigenvalue weighted by Gasteiger charge is 2.65. The zero-order chi connectivity index (χ0) is 9.34. The van der Waals surface area contributed by atoms with E-state index in [0.717, 1.165) is 29.1 Å². The summed E-state index contributed by atoms with van der Waals surface area (Å²) in [4.78, 5) is 0. The number of nitrogens with two attached hydrogens (primary N) is 1. The van der Waals surface area contributed by atoms with Gasteiger partial charge < -0.3 is 5.73 Å². The van der Waals surface area contributed by atoms with Gasteiger partial charge in [0.05, 0.1) is 0 Å². The Morgan fingerprint density at radius 2 is 2.00 bits per heavy atom. The molecular formula is C13H21N. The molecule has 4 rings (SSSR count). The summed E-state index contributed by atoms with van der Waals surface area (Å²) in [6, 6.07) is 0.591. The summed E-state index contributed by atoms with van der Waals surface area (Å²) in [5, 5.41) is 0. The summed E-state index contributed by atoms with van der Waals surface area (Å²) < 4.78 is 0. The minimum atomic E-state index is 0.591. The van der Waals surface area contributed by atoms with Crippen LogP contribution in [-0.4, -0.2) is 6.04 Å². The maximum Gasteiger partial charge on any atom is 0.0104 e. The molecule has 4 saturated carbocycles. The Labute approximate surface area is 86.4 Å². The van der Waals surface area contributed by atoms with E-state index in [2.05, 4.69) is 0 Å². The average molecular weight is 191 g/mol. The van der Waals surface area contributed by atoms with Crippen molar-refractivity contribution in [2.24, 2.45) is 34.8 Å². The fraction of sp³-hybridized carbons (Fsp3) is 1.00. The first-order chi connectivity index (χ1) is 6.78. The smallest absolute Gasteiger partial charge is 0.0104 e. The second kappa shape index (κ2) is 2.37. The molecule has 0 heterocycles. The van der Waals surface area contributed by atoms with Crippen LogP contribution in [0.15, 0.2) is 0 Å². The molecule has 0 aromatic carbocycles. The molecule has 0 amide bonds. The fourth-order valence-corrected chi connectivity index (χ4v) is 4.72. The standard InChI is InChI=1S/C13H21N/c14-12(11-7-13(11)3-4-13)10-6-8-1-2-9(10)5-8/h8-12H,1-7,14H2. The molecule has 14 heavy (non-hydrogen) atoms. The van der Waals surface area contributed by atoms with Gasteiger partial charge in [0.25, 0.3) is 0 Å². The van der Waals surface area contributed by atoms with Crippen LogP contribution >= 0.6 is 0 Å². The Morgan fingerprint density at radius 3 is 2.50 bits per heavy atom. The van der Waals surface area contributed by atoms with Gasteiger partial charge in [-0.2, -0.15) is 0 Å². The van der Waals surface area contributed by atoms with Crippen molar-refractivity contribution in [3.63, 3.8) is 0 Å². The van der Waals surface area contributed by atoms with Crippen LogP contribution in [0.3, 0.4) is 0 Å². The zero-order valence-corrected chi connectivity index (χ0v) is 8.91. The lowest BCUT2D eigenvalue weighted by Crippen LogP contribution is -2.36. The molecule has 2 bridgehead atoms. The van der Waals surface area contributed by atoms with Gasteiger partial charge in [0.2, 0.25) is 0 Å². The summed E-state index contributed by atoms with van der Waals surface area (Å²) in [5.74, 6) is 3.99. The van der Waals surface area contributed by atoms with Crippen LogP contribution < -0.4 is 5.73 Å². The Hall–Kier alpha value is -0.0400. The van der Waals surface area contributed by atoms with E-state index in [0.29, 0.717) is 6.04 Å². The minimum absolute atomic E-state index is 0.591. The van der Waals surface area contributed by atoms with E-state index in [1.54, 1.807) is 0 Å². The van der Waals surface area contributed by atoms with Crippen LogP contribution in [0.1, 0.15) is 44.9 Å². The normalized spacial score (nSPS) is 53.8. The number of rotatable bonds is 2. The quantitative estimate of drug-likeness (QED) is 0.713. The Bertz CT molecular complexity index is 268. The molecule has 0 aromatic rings. The van der Waals surface area contributed by atoms with Gasteiger partial charge in [-0.15, -0.1) is 0 Å². The fourth-order valence-electron chi connectivity index (χ4n) is 4.72. The summed E-state index contributed by atoms with van der Waals surface area (Å²) in [5.41, 5.74) is 7.31. The first kappa shape index (κ1) is 8.15. The van der Waals surface area contributed by atoms with Crippen LogP contribution in [0, 0.1) is 29.1 Å². The van der Waals surface area contributed by atoms with E-state index in [9.17, 15) is 0 Å². The van der Waals surface area contributed by atoms with Gasteiger partial charge in [0.1, 0.15) is 0 Å². The third kappa shape index (κ3) is 0.946. The molecule has 1 spiro atoms. The first-order valence-corrected chi connectivity index (χ1v) is 6.54. The predicted octanol–water partition coefficient (Wildman–Crippen LogP) is 2.55. The molecular weight excluding hydrogens is 170 g/mol. The average Bonchev–Trinajstić information content (AvgIpc) is 3.04. The summed E-state index contributed by atoms with van der Waals surface area (Å²) in [7, 11) is 0. The van der Waals surface area contributed by atoms with Crippen LogP contribution in [0.5, 0.6) is 0 Å². The van der Waals surface area contributed by atoms with Gasteiger partial charge in [-0.05, 0) is 67.6 Å². The van der Waals surface area contributed by atoms with E-state index >= 15 is 0 Å². The maximum absolute atomic E-state index is 6.49. The molecule has 0 aromatic heterocycles. The van der Waals surface area contributed by atoms with Crippen molar-refractivity contribution in [3.8, 4) is 0 Å². The monoisotopic (exact) mass is 191 g/mol. The SMILES string of the molecule is NC(C1CC2CCC1C2)C1CC12CC2. The lowest BCUT2D eigenvalue weighted by molar-refractivity contribution is 0.257. The second-order valence-corrected chi connectivity index (χ2v) is 6.59. The van der Waals surface area contributed by atoms with Crippen molar-refractivity contribution < 1.29 is 0 Å². The molecule has 1 nitrogen and oxygen atoms in total. The summed E-state index contributed by atoms with van der Waals surface area (Å²) in [6.45, 7) is 0. The molecule has 5 atom stereocenters. The molecule has 4 aliphatic rings. The van der Waals surface area contributed by atoms with Gasteiger partial charge in [0.15, 0.2) is 0 Å². The van der Waals surface area contributed by atoms with Crippen molar-refractivity contribution in [3.05, 3.63) is 0 Å². The van der Waals surface area contributed by atoms with Crippen LogP contribution in [0.2, 0.25) is 0 Å². The van der Waals surface area contributed by atoms with E-state index in [1.165, 1.54) is 44.9 Å². The molecule has 4 fully saturated rings. The van der Waals surface area contributed by atoms with Gasteiger partial charge in [0, 0.05) is 6.04 Å². The lowest BCUT2D eigenvalue weighted by Gasteiger charge is -2.28. The predicted molar refractivity (Wildman–Crippen MR) is 56.7 cm³/mol. The highest BCUT2D eigenvalue weighted by Crippen LogP contribution is 2.72. The van der Waals surface area contributed by atoms with Crippen molar-refractivity contribution in [1.29, 1.82) is 0 Å². The number of hydrogen-bond donors (Lipinski definition) is 1. The first-order valence-electron chi connectivity index (χ1n) is 6.54. The minimum Gasteiger partial charge on any atom is -0.327 e. The number of hydrogen-bond acceptors (Lipinski definition) is 1. The lowest BCUT2D eigenvalue weighted by atomic mass is 9.81. The number of fused-ring (bicyclic) bond motifs is 2. The van der Waals surface area contributed by atoms with Crippen molar-refractivity contribution >= 4 is 0 Å². The van der Waals surface area contributed by atoms with Gasteiger partial charge in [-0.3, -0.25) is 0 Å².